The lowest BCUT2D eigenvalue weighted by Crippen LogP contribution is -2.37. The molecule has 8 heteroatoms. The number of anilines is 2. The first kappa shape index (κ1) is 15.9. The summed E-state index contributed by atoms with van der Waals surface area (Å²) in [7, 11) is 0. The molecule has 0 saturated heterocycles. The van der Waals surface area contributed by atoms with Gasteiger partial charge in [0.2, 0.25) is 0 Å². The fourth-order valence-corrected chi connectivity index (χ4v) is 5.36. The molecule has 25 heavy (non-hydrogen) atoms. The van der Waals surface area contributed by atoms with Crippen molar-refractivity contribution in [1.29, 1.82) is 0 Å². The fraction of sp³-hybridized carbons (Fsp3) is 0.294. The highest BCUT2D eigenvalue weighted by Gasteiger charge is 2.49. The van der Waals surface area contributed by atoms with E-state index in [-0.39, 0.29) is 16.2 Å². The molecule has 0 atom stereocenters. The highest BCUT2D eigenvalue weighted by Crippen LogP contribution is 2.61. The Bertz CT molecular complexity index is 880. The van der Waals surface area contributed by atoms with E-state index in [1.54, 1.807) is 11.8 Å². The first-order chi connectivity index (χ1) is 12.0. The molecule has 2 aromatic rings. The van der Waals surface area contributed by atoms with Crippen molar-refractivity contribution in [2.75, 3.05) is 4.90 Å². The Kier molecular flexibility index (Phi) is 3.64. The van der Waals surface area contributed by atoms with Gasteiger partial charge in [-0.1, -0.05) is 36.7 Å². The molecule has 1 heterocycles. The maximum atomic E-state index is 11.6. The normalized spacial score (nSPS) is 17.7. The van der Waals surface area contributed by atoms with Crippen molar-refractivity contribution < 1.29 is 9.85 Å². The third kappa shape index (κ3) is 2.44. The highest BCUT2D eigenvalue weighted by atomic mass is 32.2. The monoisotopic (exact) mass is 357 g/mol. The minimum atomic E-state index is -0.602. The van der Waals surface area contributed by atoms with Gasteiger partial charge in [0, 0.05) is 11.0 Å². The molecule has 2 aromatic carbocycles. The molecule has 0 bridgehead atoms. The molecule has 1 spiro atoms. The van der Waals surface area contributed by atoms with Gasteiger partial charge in [-0.25, -0.2) is 0 Å². The third-order valence-corrected chi connectivity index (χ3v) is 6.34. The molecule has 1 fully saturated rings. The Balaban J connectivity index is 1.92. The SMILES string of the molecule is O=[N+]([O-])c1ccc(N2c3ccccc3SC23CCCC3)c([N+](=O)[O-])c1. The zero-order valence-electron chi connectivity index (χ0n) is 13.3. The first-order valence-corrected chi connectivity index (χ1v) is 8.85. The number of nitrogens with zero attached hydrogens (tertiary/aromatic N) is 3. The van der Waals surface area contributed by atoms with E-state index in [2.05, 4.69) is 0 Å². The summed E-state index contributed by atoms with van der Waals surface area (Å²) in [6, 6.07) is 11.8. The minimum absolute atomic E-state index is 0.224. The molecule has 0 unspecified atom stereocenters. The molecule has 0 aromatic heterocycles. The van der Waals surface area contributed by atoms with E-state index in [4.69, 9.17) is 0 Å². The Morgan fingerprint density at radius 2 is 1.68 bits per heavy atom. The second-order valence-corrected chi connectivity index (χ2v) is 7.65. The van der Waals surface area contributed by atoms with Gasteiger partial charge in [0.1, 0.15) is 5.69 Å². The molecule has 0 radical (unpaired) electrons. The van der Waals surface area contributed by atoms with Crippen LogP contribution >= 0.6 is 11.8 Å². The van der Waals surface area contributed by atoms with Crippen LogP contribution in [-0.4, -0.2) is 14.7 Å². The third-order valence-electron chi connectivity index (χ3n) is 4.81. The van der Waals surface area contributed by atoms with Crippen LogP contribution in [0, 0.1) is 20.2 Å². The van der Waals surface area contributed by atoms with Gasteiger partial charge in [0.25, 0.3) is 11.4 Å². The zero-order valence-corrected chi connectivity index (χ0v) is 14.1. The number of non-ortho nitro benzene ring substituents is 1. The van der Waals surface area contributed by atoms with Crippen LogP contribution in [0.3, 0.4) is 0 Å². The average Bonchev–Trinajstić information content (AvgIpc) is 3.18. The number of rotatable bonds is 3. The number of nitro groups is 2. The minimum Gasteiger partial charge on any atom is -0.319 e. The molecule has 0 N–H and O–H groups in total. The maximum Gasteiger partial charge on any atom is 0.299 e. The van der Waals surface area contributed by atoms with Crippen LogP contribution in [0.15, 0.2) is 47.4 Å². The van der Waals surface area contributed by atoms with Crippen molar-refractivity contribution in [3.8, 4) is 0 Å². The van der Waals surface area contributed by atoms with Crippen LogP contribution in [-0.2, 0) is 0 Å². The summed E-state index contributed by atoms with van der Waals surface area (Å²) in [5.41, 5.74) is 0.870. The fourth-order valence-electron chi connectivity index (χ4n) is 3.76. The van der Waals surface area contributed by atoms with Gasteiger partial charge < -0.3 is 4.90 Å². The van der Waals surface area contributed by atoms with Gasteiger partial charge in [0.05, 0.1) is 26.5 Å². The smallest absolute Gasteiger partial charge is 0.299 e. The molecule has 2 aliphatic rings. The summed E-state index contributed by atoms with van der Waals surface area (Å²) < 4.78 is 0. The molecule has 0 amide bonds. The molecular weight excluding hydrogens is 342 g/mol. The van der Waals surface area contributed by atoms with Crippen LogP contribution in [0.25, 0.3) is 0 Å². The van der Waals surface area contributed by atoms with Crippen LogP contribution in [0.2, 0.25) is 0 Å². The van der Waals surface area contributed by atoms with Crippen LogP contribution in [0.5, 0.6) is 0 Å². The molecule has 1 aliphatic heterocycles. The number of thioether (sulfide) groups is 1. The van der Waals surface area contributed by atoms with Gasteiger partial charge in [-0.2, -0.15) is 0 Å². The van der Waals surface area contributed by atoms with Crippen molar-refractivity contribution in [3.05, 3.63) is 62.7 Å². The van der Waals surface area contributed by atoms with Gasteiger partial charge in [-0.3, -0.25) is 20.2 Å². The molecule has 128 valence electrons. The van der Waals surface area contributed by atoms with Crippen molar-refractivity contribution in [1.82, 2.24) is 0 Å². The van der Waals surface area contributed by atoms with Crippen molar-refractivity contribution in [3.63, 3.8) is 0 Å². The van der Waals surface area contributed by atoms with Crippen molar-refractivity contribution >= 4 is 34.5 Å². The second kappa shape index (κ2) is 5.73. The summed E-state index contributed by atoms with van der Waals surface area (Å²) in [6.45, 7) is 0. The topological polar surface area (TPSA) is 89.5 Å². The van der Waals surface area contributed by atoms with Crippen molar-refractivity contribution in [2.24, 2.45) is 0 Å². The van der Waals surface area contributed by atoms with Gasteiger partial charge >= 0.3 is 0 Å². The first-order valence-electron chi connectivity index (χ1n) is 8.03. The lowest BCUT2D eigenvalue weighted by Gasteiger charge is -2.35. The maximum absolute atomic E-state index is 11.6. The van der Waals surface area contributed by atoms with Crippen molar-refractivity contribution in [2.45, 2.75) is 35.4 Å². The van der Waals surface area contributed by atoms with E-state index in [9.17, 15) is 20.2 Å². The molecule has 1 saturated carbocycles. The summed E-state index contributed by atoms with van der Waals surface area (Å²) >= 11 is 1.75. The molecule has 1 aliphatic carbocycles. The van der Waals surface area contributed by atoms with E-state index in [0.717, 1.165) is 42.3 Å². The zero-order chi connectivity index (χ0) is 17.6. The Labute approximate surface area is 147 Å². The summed E-state index contributed by atoms with van der Waals surface area (Å²) in [4.78, 5) is 24.4. The van der Waals surface area contributed by atoms with E-state index in [1.165, 1.54) is 12.1 Å². The standard InChI is InChI=1S/C17H15N3O4S/c21-19(22)12-7-8-13(15(11-12)20(23)24)18-14-5-1-2-6-16(14)25-17(18)9-3-4-10-17/h1-2,5-8,11H,3-4,9-10H2. The average molecular weight is 357 g/mol. The Hall–Kier alpha value is -2.61. The number of benzene rings is 2. The van der Waals surface area contributed by atoms with Crippen LogP contribution in [0.4, 0.5) is 22.7 Å². The van der Waals surface area contributed by atoms with Gasteiger partial charge in [-0.15, -0.1) is 0 Å². The summed E-state index contributed by atoms with van der Waals surface area (Å²) in [6.07, 6.45) is 4.00. The summed E-state index contributed by atoms with van der Waals surface area (Å²) in [5, 5.41) is 22.6. The number of hydrogen-bond donors (Lipinski definition) is 0. The summed E-state index contributed by atoms with van der Waals surface area (Å²) in [5.74, 6) is 0. The largest absolute Gasteiger partial charge is 0.319 e. The number of nitro benzene ring substituents is 2. The molecule has 7 nitrogen and oxygen atoms in total. The van der Waals surface area contributed by atoms with E-state index < -0.39 is 9.85 Å². The van der Waals surface area contributed by atoms with Gasteiger partial charge in [0.15, 0.2) is 0 Å². The number of fused-ring (bicyclic) bond motifs is 1. The van der Waals surface area contributed by atoms with Crippen LogP contribution < -0.4 is 4.90 Å². The second-order valence-electron chi connectivity index (χ2n) is 6.25. The lowest BCUT2D eigenvalue weighted by atomic mass is 10.1. The van der Waals surface area contributed by atoms with Gasteiger partial charge in [-0.05, 0) is 31.0 Å². The van der Waals surface area contributed by atoms with E-state index in [1.807, 2.05) is 29.2 Å². The lowest BCUT2D eigenvalue weighted by molar-refractivity contribution is -0.393. The van der Waals surface area contributed by atoms with Crippen LogP contribution in [0.1, 0.15) is 25.7 Å². The molecule has 4 rings (SSSR count). The number of para-hydroxylation sites is 1. The predicted octanol–water partition coefficient (Wildman–Crippen LogP) is 5.02. The Morgan fingerprint density at radius 3 is 2.36 bits per heavy atom. The highest BCUT2D eigenvalue weighted by molar-refractivity contribution is 8.01. The Morgan fingerprint density at radius 1 is 0.960 bits per heavy atom. The van der Waals surface area contributed by atoms with E-state index >= 15 is 0 Å². The van der Waals surface area contributed by atoms with E-state index in [0.29, 0.717) is 5.69 Å². The quantitative estimate of drug-likeness (QED) is 0.566. The number of hydrogen-bond acceptors (Lipinski definition) is 6. The molecular formula is C17H15N3O4S. The predicted molar refractivity (Wildman–Crippen MR) is 95.4 cm³/mol.